The molecule has 2 aliphatic rings. The standard InChI is InChI=1S/C24H31FN4O3S/c25-20-8-7-9-21(18-20)33(31,32)29-16-14-28(15-17-29)24(30)19-26-22-10-3-4-11-23(22)27-12-5-1-2-6-13-27/h3-4,7-11,18,26H,1-2,5-6,12-17,19H2. The van der Waals surface area contributed by atoms with Crippen LogP contribution in [0.4, 0.5) is 15.8 Å². The predicted molar refractivity (Wildman–Crippen MR) is 127 cm³/mol. The number of amides is 1. The van der Waals surface area contributed by atoms with Crippen LogP contribution in [0.5, 0.6) is 0 Å². The molecule has 0 aliphatic carbocycles. The average molecular weight is 475 g/mol. The number of rotatable bonds is 6. The van der Waals surface area contributed by atoms with Crippen molar-refractivity contribution in [1.29, 1.82) is 0 Å². The highest BCUT2D eigenvalue weighted by molar-refractivity contribution is 7.89. The fourth-order valence-electron chi connectivity index (χ4n) is 4.45. The molecule has 2 fully saturated rings. The summed E-state index contributed by atoms with van der Waals surface area (Å²) in [6.45, 7) is 3.19. The van der Waals surface area contributed by atoms with Crippen molar-refractivity contribution in [3.63, 3.8) is 0 Å². The lowest BCUT2D eigenvalue weighted by Crippen LogP contribution is -2.51. The molecule has 2 aromatic rings. The first-order valence-corrected chi connectivity index (χ1v) is 13.0. The Kier molecular flexibility index (Phi) is 7.49. The van der Waals surface area contributed by atoms with Crippen molar-refractivity contribution in [2.24, 2.45) is 0 Å². The maximum atomic E-state index is 13.5. The number of hydrogen-bond donors (Lipinski definition) is 1. The molecule has 0 atom stereocenters. The Balaban J connectivity index is 1.33. The molecule has 2 aromatic carbocycles. The van der Waals surface area contributed by atoms with Gasteiger partial charge in [0.2, 0.25) is 15.9 Å². The van der Waals surface area contributed by atoms with Crippen molar-refractivity contribution in [2.45, 2.75) is 30.6 Å². The molecule has 0 aromatic heterocycles. The molecule has 0 saturated carbocycles. The fraction of sp³-hybridized carbons (Fsp3) is 0.458. The van der Waals surface area contributed by atoms with Gasteiger partial charge in [-0.25, -0.2) is 12.8 Å². The number of para-hydroxylation sites is 2. The van der Waals surface area contributed by atoms with Gasteiger partial charge in [-0.3, -0.25) is 4.79 Å². The van der Waals surface area contributed by atoms with Gasteiger partial charge >= 0.3 is 0 Å². The van der Waals surface area contributed by atoms with Crippen molar-refractivity contribution in [3.05, 3.63) is 54.3 Å². The van der Waals surface area contributed by atoms with E-state index in [1.54, 1.807) is 4.90 Å². The van der Waals surface area contributed by atoms with E-state index in [9.17, 15) is 17.6 Å². The van der Waals surface area contributed by atoms with Crippen LogP contribution < -0.4 is 10.2 Å². The van der Waals surface area contributed by atoms with Gasteiger partial charge in [0.05, 0.1) is 22.8 Å². The van der Waals surface area contributed by atoms with Gasteiger partial charge in [-0.05, 0) is 43.2 Å². The molecule has 1 amide bonds. The van der Waals surface area contributed by atoms with Crippen molar-refractivity contribution in [1.82, 2.24) is 9.21 Å². The first-order chi connectivity index (χ1) is 15.9. The summed E-state index contributed by atoms with van der Waals surface area (Å²) in [6, 6.07) is 13.1. The van der Waals surface area contributed by atoms with E-state index in [0.29, 0.717) is 13.1 Å². The zero-order valence-electron chi connectivity index (χ0n) is 18.7. The average Bonchev–Trinajstić information content (AvgIpc) is 3.12. The zero-order valence-corrected chi connectivity index (χ0v) is 19.6. The fourth-order valence-corrected chi connectivity index (χ4v) is 5.90. The second-order valence-electron chi connectivity index (χ2n) is 8.51. The third kappa shape index (κ3) is 5.65. The summed E-state index contributed by atoms with van der Waals surface area (Å²) in [5.41, 5.74) is 2.07. The summed E-state index contributed by atoms with van der Waals surface area (Å²) in [6.07, 6.45) is 4.86. The predicted octanol–water partition coefficient (Wildman–Crippen LogP) is 3.15. The van der Waals surface area contributed by atoms with Gasteiger partial charge in [0, 0.05) is 39.3 Å². The number of halogens is 1. The Morgan fingerprint density at radius 1 is 0.879 bits per heavy atom. The van der Waals surface area contributed by atoms with Crippen LogP contribution in [0, 0.1) is 5.82 Å². The highest BCUT2D eigenvalue weighted by Crippen LogP contribution is 2.28. The minimum Gasteiger partial charge on any atom is -0.374 e. The third-order valence-electron chi connectivity index (χ3n) is 6.31. The van der Waals surface area contributed by atoms with Gasteiger partial charge in [-0.2, -0.15) is 4.31 Å². The molecule has 1 N–H and O–H groups in total. The van der Waals surface area contributed by atoms with Crippen LogP contribution in [0.1, 0.15) is 25.7 Å². The third-order valence-corrected chi connectivity index (χ3v) is 8.20. The highest BCUT2D eigenvalue weighted by atomic mass is 32.2. The molecule has 0 radical (unpaired) electrons. The van der Waals surface area contributed by atoms with Crippen LogP contribution in [0.3, 0.4) is 0 Å². The Hall–Kier alpha value is -2.65. The van der Waals surface area contributed by atoms with Crippen molar-refractivity contribution in [2.75, 3.05) is 56.0 Å². The van der Waals surface area contributed by atoms with Crippen LogP contribution in [0.15, 0.2) is 53.4 Å². The maximum absolute atomic E-state index is 13.5. The summed E-state index contributed by atoms with van der Waals surface area (Å²) in [5, 5.41) is 3.30. The van der Waals surface area contributed by atoms with E-state index in [1.807, 2.05) is 18.2 Å². The minimum atomic E-state index is -3.78. The van der Waals surface area contributed by atoms with Crippen molar-refractivity contribution < 1.29 is 17.6 Å². The molecular formula is C24H31FN4O3S. The molecule has 178 valence electrons. The summed E-state index contributed by atoms with van der Waals surface area (Å²) in [4.78, 5) is 16.8. The van der Waals surface area contributed by atoms with Gasteiger partial charge < -0.3 is 15.1 Å². The Labute approximate surface area is 195 Å². The van der Waals surface area contributed by atoms with E-state index < -0.39 is 15.8 Å². The highest BCUT2D eigenvalue weighted by Gasteiger charge is 2.30. The van der Waals surface area contributed by atoms with Gasteiger partial charge in [0.15, 0.2) is 0 Å². The minimum absolute atomic E-state index is 0.0611. The van der Waals surface area contributed by atoms with Gasteiger partial charge in [0.25, 0.3) is 0 Å². The quantitative estimate of drug-likeness (QED) is 0.696. The van der Waals surface area contributed by atoms with Crippen LogP contribution in [0.25, 0.3) is 0 Å². The van der Waals surface area contributed by atoms with E-state index >= 15 is 0 Å². The number of nitrogens with one attached hydrogen (secondary N) is 1. The molecule has 2 heterocycles. The largest absolute Gasteiger partial charge is 0.374 e. The molecule has 0 spiro atoms. The molecule has 33 heavy (non-hydrogen) atoms. The number of carbonyl (C=O) groups excluding carboxylic acids is 1. The molecule has 7 nitrogen and oxygen atoms in total. The number of hydrogen-bond acceptors (Lipinski definition) is 5. The number of piperazine rings is 1. The van der Waals surface area contributed by atoms with E-state index in [4.69, 9.17) is 0 Å². The maximum Gasteiger partial charge on any atom is 0.243 e. The van der Waals surface area contributed by atoms with E-state index in [-0.39, 0.29) is 30.4 Å². The molecule has 9 heteroatoms. The Morgan fingerprint density at radius 2 is 1.58 bits per heavy atom. The van der Waals surface area contributed by atoms with Gasteiger partial charge in [-0.1, -0.05) is 31.0 Å². The summed E-state index contributed by atoms with van der Waals surface area (Å²) in [5.74, 6) is -0.653. The molecular weight excluding hydrogens is 443 g/mol. The Morgan fingerprint density at radius 3 is 2.27 bits per heavy atom. The zero-order chi connectivity index (χ0) is 23.3. The summed E-state index contributed by atoms with van der Waals surface area (Å²) in [7, 11) is -3.78. The molecule has 0 bridgehead atoms. The summed E-state index contributed by atoms with van der Waals surface area (Å²) >= 11 is 0. The molecule has 4 rings (SSSR count). The first kappa shape index (κ1) is 23.5. The monoisotopic (exact) mass is 474 g/mol. The van der Waals surface area contributed by atoms with Crippen LogP contribution in [-0.4, -0.2) is 69.3 Å². The van der Waals surface area contributed by atoms with Crippen molar-refractivity contribution >= 4 is 27.3 Å². The number of carbonyl (C=O) groups is 1. The lowest BCUT2D eigenvalue weighted by atomic mass is 10.2. The topological polar surface area (TPSA) is 73.0 Å². The Bertz CT molecular complexity index is 1060. The lowest BCUT2D eigenvalue weighted by Gasteiger charge is -2.34. The number of nitrogens with zero attached hydrogens (tertiary/aromatic N) is 3. The van der Waals surface area contributed by atoms with Crippen LogP contribution in [0.2, 0.25) is 0 Å². The van der Waals surface area contributed by atoms with Crippen LogP contribution >= 0.6 is 0 Å². The molecule has 2 saturated heterocycles. The first-order valence-electron chi connectivity index (χ1n) is 11.6. The second-order valence-corrected chi connectivity index (χ2v) is 10.5. The number of sulfonamides is 1. The van der Waals surface area contributed by atoms with E-state index in [2.05, 4.69) is 16.3 Å². The van der Waals surface area contributed by atoms with E-state index in [0.717, 1.165) is 30.5 Å². The smallest absolute Gasteiger partial charge is 0.243 e. The normalized spacial score (nSPS) is 18.1. The van der Waals surface area contributed by atoms with Crippen molar-refractivity contribution in [3.8, 4) is 0 Å². The lowest BCUT2D eigenvalue weighted by molar-refractivity contribution is -0.130. The van der Waals surface area contributed by atoms with Crippen LogP contribution in [-0.2, 0) is 14.8 Å². The number of anilines is 2. The van der Waals surface area contributed by atoms with Gasteiger partial charge in [0.1, 0.15) is 5.82 Å². The SMILES string of the molecule is O=C(CNc1ccccc1N1CCCCCC1)N1CCN(S(=O)(=O)c2cccc(F)c2)CC1. The van der Waals surface area contributed by atoms with E-state index in [1.165, 1.54) is 48.2 Å². The summed E-state index contributed by atoms with van der Waals surface area (Å²) < 4.78 is 40.3. The second kappa shape index (κ2) is 10.5. The number of benzene rings is 2. The van der Waals surface area contributed by atoms with Gasteiger partial charge in [-0.15, -0.1) is 0 Å². The molecule has 2 aliphatic heterocycles. The molecule has 0 unspecified atom stereocenters.